The molecule has 1 N–H and O–H groups in total. The van der Waals surface area contributed by atoms with Crippen molar-refractivity contribution >= 4 is 0 Å². The van der Waals surface area contributed by atoms with E-state index >= 15 is 0 Å². The van der Waals surface area contributed by atoms with Gasteiger partial charge in [0.05, 0.1) is 12.7 Å². The first-order valence-corrected chi connectivity index (χ1v) is 5.49. The Kier molecular flexibility index (Phi) is 3.76. The minimum absolute atomic E-state index is 0.253. The average molecular weight is 268 g/mol. The predicted octanol–water partition coefficient (Wildman–Crippen LogP) is 3.19. The van der Waals surface area contributed by atoms with Crippen LogP contribution in [0.3, 0.4) is 0 Å². The second kappa shape index (κ2) is 5.32. The molecule has 100 valence electrons. The summed E-state index contributed by atoms with van der Waals surface area (Å²) in [5, 5.41) is 10.0. The van der Waals surface area contributed by atoms with Gasteiger partial charge in [-0.1, -0.05) is 12.1 Å². The molecule has 2 aromatic carbocycles. The smallest absolute Gasteiger partial charge is 0.135 e. The number of aliphatic hydroxyl groups is 1. The molecule has 5 heteroatoms. The van der Waals surface area contributed by atoms with Gasteiger partial charge in [0.1, 0.15) is 29.3 Å². The van der Waals surface area contributed by atoms with Crippen LogP contribution in [0.15, 0.2) is 36.4 Å². The first-order chi connectivity index (χ1) is 9.02. The van der Waals surface area contributed by atoms with Crippen molar-refractivity contribution < 1.29 is 23.0 Å². The summed E-state index contributed by atoms with van der Waals surface area (Å²) in [6.07, 6.45) is -1.53. The summed E-state index contributed by atoms with van der Waals surface area (Å²) in [5.74, 6) is -2.85. The van der Waals surface area contributed by atoms with Gasteiger partial charge in [0.2, 0.25) is 0 Å². The number of aliphatic hydroxyl groups excluding tert-OH is 1. The van der Waals surface area contributed by atoms with Gasteiger partial charge >= 0.3 is 0 Å². The van der Waals surface area contributed by atoms with E-state index in [1.807, 2.05) is 0 Å². The van der Waals surface area contributed by atoms with E-state index in [1.54, 1.807) is 12.1 Å². The lowest BCUT2D eigenvalue weighted by molar-refractivity contribution is 0.208. The highest BCUT2D eigenvalue weighted by Crippen LogP contribution is 2.29. The third-order valence-electron chi connectivity index (χ3n) is 2.73. The Morgan fingerprint density at radius 2 is 1.68 bits per heavy atom. The zero-order chi connectivity index (χ0) is 14.0. The van der Waals surface area contributed by atoms with Crippen molar-refractivity contribution in [1.82, 2.24) is 0 Å². The maximum atomic E-state index is 13.6. The van der Waals surface area contributed by atoms with Gasteiger partial charge in [-0.25, -0.2) is 13.2 Å². The molecule has 2 rings (SSSR count). The van der Waals surface area contributed by atoms with Crippen molar-refractivity contribution in [2.45, 2.75) is 6.10 Å². The zero-order valence-corrected chi connectivity index (χ0v) is 10.0. The fourth-order valence-corrected chi connectivity index (χ4v) is 1.79. The fourth-order valence-electron chi connectivity index (χ4n) is 1.79. The molecule has 0 heterocycles. The van der Waals surface area contributed by atoms with Gasteiger partial charge in [0.25, 0.3) is 0 Å². The van der Waals surface area contributed by atoms with E-state index in [0.29, 0.717) is 17.9 Å². The zero-order valence-electron chi connectivity index (χ0n) is 10.0. The SMILES string of the molecule is COc1cccc(C(O)c2c(F)cc(F)cc2F)c1. The van der Waals surface area contributed by atoms with Crippen LogP contribution in [0.2, 0.25) is 0 Å². The molecule has 0 saturated heterocycles. The number of hydrogen-bond donors (Lipinski definition) is 1. The third kappa shape index (κ3) is 2.71. The molecular weight excluding hydrogens is 257 g/mol. The normalized spacial score (nSPS) is 12.3. The molecule has 2 nitrogen and oxygen atoms in total. The molecule has 1 atom stereocenters. The van der Waals surface area contributed by atoms with Crippen LogP contribution in [0.25, 0.3) is 0 Å². The third-order valence-corrected chi connectivity index (χ3v) is 2.73. The first kappa shape index (κ1) is 13.4. The van der Waals surface area contributed by atoms with E-state index in [-0.39, 0.29) is 5.56 Å². The van der Waals surface area contributed by atoms with Gasteiger partial charge in [0, 0.05) is 12.1 Å². The molecule has 0 aromatic heterocycles. The van der Waals surface area contributed by atoms with Gasteiger partial charge in [-0.15, -0.1) is 0 Å². The maximum Gasteiger partial charge on any atom is 0.135 e. The summed E-state index contributed by atoms with van der Waals surface area (Å²) in [6.45, 7) is 0. The predicted molar refractivity (Wildman–Crippen MR) is 63.4 cm³/mol. The summed E-state index contributed by atoms with van der Waals surface area (Å²) < 4.78 is 44.9. The number of methoxy groups -OCH3 is 1. The van der Waals surface area contributed by atoms with Gasteiger partial charge in [0.15, 0.2) is 0 Å². The van der Waals surface area contributed by atoms with Crippen LogP contribution in [0.5, 0.6) is 5.75 Å². The molecule has 0 aliphatic rings. The van der Waals surface area contributed by atoms with Crippen molar-refractivity contribution in [2.24, 2.45) is 0 Å². The second-order valence-corrected chi connectivity index (χ2v) is 3.96. The van der Waals surface area contributed by atoms with Gasteiger partial charge in [-0.2, -0.15) is 0 Å². The van der Waals surface area contributed by atoms with E-state index in [4.69, 9.17) is 4.74 Å². The van der Waals surface area contributed by atoms with E-state index < -0.39 is 29.1 Å². The molecule has 0 radical (unpaired) electrons. The van der Waals surface area contributed by atoms with Crippen molar-refractivity contribution in [1.29, 1.82) is 0 Å². The Morgan fingerprint density at radius 1 is 1.05 bits per heavy atom. The lowest BCUT2D eigenvalue weighted by atomic mass is 10.00. The van der Waals surface area contributed by atoms with E-state index in [0.717, 1.165) is 0 Å². The second-order valence-electron chi connectivity index (χ2n) is 3.96. The molecule has 0 spiro atoms. The summed E-state index contributed by atoms with van der Waals surface area (Å²) >= 11 is 0. The lowest BCUT2D eigenvalue weighted by Crippen LogP contribution is -2.06. The van der Waals surface area contributed by atoms with Crippen LogP contribution in [-0.2, 0) is 0 Å². The van der Waals surface area contributed by atoms with Crippen LogP contribution in [0, 0.1) is 17.5 Å². The van der Waals surface area contributed by atoms with Gasteiger partial charge < -0.3 is 9.84 Å². The standard InChI is InChI=1S/C14H11F3O2/c1-19-10-4-2-3-8(5-10)14(18)13-11(16)6-9(15)7-12(13)17/h2-7,14,18H,1H3. The Morgan fingerprint density at radius 3 is 2.26 bits per heavy atom. The molecule has 0 fully saturated rings. The van der Waals surface area contributed by atoms with Gasteiger partial charge in [-0.05, 0) is 17.7 Å². The molecule has 0 bridgehead atoms. The molecule has 0 aliphatic heterocycles. The largest absolute Gasteiger partial charge is 0.497 e. The number of ether oxygens (including phenoxy) is 1. The fraction of sp³-hybridized carbons (Fsp3) is 0.143. The number of benzene rings is 2. The summed E-state index contributed by atoms with van der Waals surface area (Å²) in [5.41, 5.74) is -0.335. The van der Waals surface area contributed by atoms with Crippen LogP contribution in [0.1, 0.15) is 17.2 Å². The molecule has 0 saturated carbocycles. The molecule has 1 unspecified atom stereocenters. The number of hydrogen-bond acceptors (Lipinski definition) is 2. The van der Waals surface area contributed by atoms with E-state index in [2.05, 4.69) is 0 Å². The van der Waals surface area contributed by atoms with Gasteiger partial charge in [-0.3, -0.25) is 0 Å². The number of rotatable bonds is 3. The summed E-state index contributed by atoms with van der Waals surface area (Å²) in [7, 11) is 1.44. The van der Waals surface area contributed by atoms with Crippen molar-refractivity contribution in [3.8, 4) is 5.75 Å². The molecule has 0 aliphatic carbocycles. The molecule has 0 amide bonds. The highest BCUT2D eigenvalue weighted by molar-refractivity contribution is 5.36. The topological polar surface area (TPSA) is 29.5 Å². The lowest BCUT2D eigenvalue weighted by Gasteiger charge is -2.14. The molecule has 19 heavy (non-hydrogen) atoms. The minimum atomic E-state index is -1.53. The summed E-state index contributed by atoms with van der Waals surface area (Å²) in [6, 6.07) is 7.22. The Balaban J connectivity index is 2.46. The van der Waals surface area contributed by atoms with Crippen LogP contribution >= 0.6 is 0 Å². The van der Waals surface area contributed by atoms with Crippen LogP contribution in [-0.4, -0.2) is 12.2 Å². The van der Waals surface area contributed by atoms with E-state index in [9.17, 15) is 18.3 Å². The molecule has 2 aromatic rings. The monoisotopic (exact) mass is 268 g/mol. The Labute approximate surface area is 108 Å². The Hall–Kier alpha value is -2.01. The molecular formula is C14H11F3O2. The van der Waals surface area contributed by atoms with E-state index in [1.165, 1.54) is 19.2 Å². The highest BCUT2D eigenvalue weighted by atomic mass is 19.1. The van der Waals surface area contributed by atoms with Crippen molar-refractivity contribution in [2.75, 3.05) is 7.11 Å². The van der Waals surface area contributed by atoms with Crippen molar-refractivity contribution in [3.63, 3.8) is 0 Å². The maximum absolute atomic E-state index is 13.6. The van der Waals surface area contributed by atoms with Crippen LogP contribution in [0.4, 0.5) is 13.2 Å². The first-order valence-electron chi connectivity index (χ1n) is 5.49. The number of halogens is 3. The minimum Gasteiger partial charge on any atom is -0.497 e. The average Bonchev–Trinajstić information content (AvgIpc) is 2.37. The quantitative estimate of drug-likeness (QED) is 0.926. The summed E-state index contributed by atoms with van der Waals surface area (Å²) in [4.78, 5) is 0. The Bertz CT molecular complexity index is 576. The highest BCUT2D eigenvalue weighted by Gasteiger charge is 2.21. The van der Waals surface area contributed by atoms with Crippen molar-refractivity contribution in [3.05, 3.63) is 65.0 Å². The van der Waals surface area contributed by atoms with Crippen LogP contribution < -0.4 is 4.74 Å².